The molecule has 1 amide bonds. The highest BCUT2D eigenvalue weighted by Crippen LogP contribution is 2.26. The Morgan fingerprint density at radius 1 is 1.55 bits per heavy atom. The molecular formula is C15H19N3OS. The van der Waals surface area contributed by atoms with E-state index in [1.807, 2.05) is 10.7 Å². The van der Waals surface area contributed by atoms with Gasteiger partial charge in [-0.3, -0.25) is 9.48 Å². The van der Waals surface area contributed by atoms with E-state index in [1.54, 1.807) is 11.3 Å². The van der Waals surface area contributed by atoms with Crippen molar-refractivity contribution < 1.29 is 4.79 Å². The van der Waals surface area contributed by atoms with Crippen molar-refractivity contribution in [2.75, 3.05) is 6.54 Å². The number of aryl methyl sites for hydroxylation is 1. The van der Waals surface area contributed by atoms with Crippen LogP contribution in [0.2, 0.25) is 0 Å². The van der Waals surface area contributed by atoms with E-state index < -0.39 is 0 Å². The van der Waals surface area contributed by atoms with Crippen LogP contribution in [-0.2, 0) is 11.3 Å². The van der Waals surface area contributed by atoms with E-state index in [9.17, 15) is 4.79 Å². The standard InChI is InChI=1S/C15H19N3OS/c1-11-10-13(14-6-3-9-20-14)17-18(11)8-7-16-15(19)12-4-2-5-12/h3,6,9-10,12H,2,4-5,7-8H2,1H3,(H,16,19). The molecule has 106 valence electrons. The van der Waals surface area contributed by atoms with Gasteiger partial charge in [-0.25, -0.2) is 0 Å². The lowest BCUT2D eigenvalue weighted by Gasteiger charge is -2.24. The molecule has 2 aromatic rings. The zero-order valence-electron chi connectivity index (χ0n) is 11.6. The molecule has 1 aliphatic rings. The maximum Gasteiger partial charge on any atom is 0.223 e. The van der Waals surface area contributed by atoms with Crippen molar-refractivity contribution in [3.05, 3.63) is 29.3 Å². The predicted molar refractivity (Wildman–Crippen MR) is 80.6 cm³/mol. The summed E-state index contributed by atoms with van der Waals surface area (Å²) in [5.41, 5.74) is 2.15. The molecule has 4 nitrogen and oxygen atoms in total. The minimum Gasteiger partial charge on any atom is -0.354 e. The molecule has 2 heterocycles. The number of nitrogens with zero attached hydrogens (tertiary/aromatic N) is 2. The van der Waals surface area contributed by atoms with E-state index in [4.69, 9.17) is 0 Å². The summed E-state index contributed by atoms with van der Waals surface area (Å²) in [7, 11) is 0. The first-order valence-electron chi connectivity index (χ1n) is 7.10. The molecule has 1 N–H and O–H groups in total. The summed E-state index contributed by atoms with van der Waals surface area (Å²) in [4.78, 5) is 12.9. The van der Waals surface area contributed by atoms with Crippen LogP contribution in [0.15, 0.2) is 23.6 Å². The van der Waals surface area contributed by atoms with Crippen LogP contribution in [0.4, 0.5) is 0 Å². The third-order valence-corrected chi connectivity index (χ3v) is 4.75. The highest BCUT2D eigenvalue weighted by Gasteiger charge is 2.24. The van der Waals surface area contributed by atoms with E-state index in [0.29, 0.717) is 6.54 Å². The number of thiophene rings is 1. The maximum atomic E-state index is 11.8. The van der Waals surface area contributed by atoms with Crippen molar-refractivity contribution in [1.29, 1.82) is 0 Å². The Hall–Kier alpha value is -1.62. The molecule has 0 atom stereocenters. The van der Waals surface area contributed by atoms with Gasteiger partial charge < -0.3 is 5.32 Å². The van der Waals surface area contributed by atoms with Gasteiger partial charge in [0, 0.05) is 18.2 Å². The van der Waals surface area contributed by atoms with Crippen LogP contribution in [0.25, 0.3) is 10.6 Å². The summed E-state index contributed by atoms with van der Waals surface area (Å²) in [5.74, 6) is 0.468. The molecule has 0 bridgehead atoms. The molecule has 1 aliphatic carbocycles. The summed E-state index contributed by atoms with van der Waals surface area (Å²) in [6.07, 6.45) is 3.30. The number of nitrogens with one attached hydrogen (secondary N) is 1. The summed E-state index contributed by atoms with van der Waals surface area (Å²) in [6, 6.07) is 6.21. The molecule has 0 aliphatic heterocycles. The Bertz CT molecular complexity index is 584. The van der Waals surface area contributed by atoms with Crippen molar-refractivity contribution in [1.82, 2.24) is 15.1 Å². The van der Waals surface area contributed by atoms with Gasteiger partial charge in [0.05, 0.1) is 11.4 Å². The third kappa shape index (κ3) is 2.77. The summed E-state index contributed by atoms with van der Waals surface area (Å²) >= 11 is 1.70. The van der Waals surface area contributed by atoms with Gasteiger partial charge in [0.2, 0.25) is 5.91 Å². The molecule has 0 saturated heterocycles. The van der Waals surface area contributed by atoms with Gasteiger partial charge in [-0.15, -0.1) is 11.3 Å². The first kappa shape index (κ1) is 13.4. The Kier molecular flexibility index (Phi) is 3.87. The van der Waals surface area contributed by atoms with Gasteiger partial charge in [0.15, 0.2) is 0 Å². The van der Waals surface area contributed by atoms with Crippen molar-refractivity contribution >= 4 is 17.2 Å². The summed E-state index contributed by atoms with van der Waals surface area (Å²) in [5, 5.41) is 9.67. The fourth-order valence-electron chi connectivity index (χ4n) is 2.38. The lowest BCUT2D eigenvalue weighted by molar-refractivity contribution is -0.127. The molecule has 0 unspecified atom stereocenters. The number of rotatable bonds is 5. The largest absolute Gasteiger partial charge is 0.354 e. The molecule has 0 radical (unpaired) electrons. The van der Waals surface area contributed by atoms with Gasteiger partial charge in [0.1, 0.15) is 5.69 Å². The SMILES string of the molecule is Cc1cc(-c2cccs2)nn1CCNC(=O)C1CCC1. The van der Waals surface area contributed by atoms with Crippen molar-refractivity contribution in [2.45, 2.75) is 32.7 Å². The van der Waals surface area contributed by atoms with Crippen LogP contribution in [0.5, 0.6) is 0 Å². The second-order valence-corrected chi connectivity index (χ2v) is 6.24. The molecule has 1 fully saturated rings. The lowest BCUT2D eigenvalue weighted by atomic mass is 9.85. The maximum absolute atomic E-state index is 11.8. The number of carbonyl (C=O) groups is 1. The third-order valence-electron chi connectivity index (χ3n) is 3.85. The summed E-state index contributed by atoms with van der Waals surface area (Å²) in [6.45, 7) is 3.44. The summed E-state index contributed by atoms with van der Waals surface area (Å²) < 4.78 is 1.97. The number of hydrogen-bond acceptors (Lipinski definition) is 3. The van der Waals surface area contributed by atoms with Crippen LogP contribution in [0.3, 0.4) is 0 Å². The van der Waals surface area contributed by atoms with E-state index in [0.717, 1.165) is 30.8 Å². The second-order valence-electron chi connectivity index (χ2n) is 5.29. The molecular weight excluding hydrogens is 270 g/mol. The molecule has 0 aromatic carbocycles. The smallest absolute Gasteiger partial charge is 0.223 e. The van der Waals surface area contributed by atoms with Gasteiger partial charge in [-0.05, 0) is 37.3 Å². The highest BCUT2D eigenvalue weighted by molar-refractivity contribution is 7.13. The molecule has 2 aromatic heterocycles. The van der Waals surface area contributed by atoms with Gasteiger partial charge >= 0.3 is 0 Å². The molecule has 5 heteroatoms. The Morgan fingerprint density at radius 3 is 3.05 bits per heavy atom. The zero-order chi connectivity index (χ0) is 13.9. The van der Waals surface area contributed by atoms with Crippen molar-refractivity contribution in [3.8, 4) is 10.6 Å². The molecule has 3 rings (SSSR count). The number of amides is 1. The topological polar surface area (TPSA) is 46.9 Å². The van der Waals surface area contributed by atoms with Crippen LogP contribution < -0.4 is 5.32 Å². The minimum absolute atomic E-state index is 0.208. The van der Waals surface area contributed by atoms with Gasteiger partial charge in [-0.2, -0.15) is 5.10 Å². The first-order valence-corrected chi connectivity index (χ1v) is 7.98. The second kappa shape index (κ2) is 5.79. The van der Waals surface area contributed by atoms with Crippen LogP contribution in [0, 0.1) is 12.8 Å². The van der Waals surface area contributed by atoms with E-state index in [1.165, 1.54) is 11.3 Å². The van der Waals surface area contributed by atoms with E-state index in [-0.39, 0.29) is 11.8 Å². The fraction of sp³-hybridized carbons (Fsp3) is 0.467. The Morgan fingerprint density at radius 2 is 2.40 bits per heavy atom. The first-order chi connectivity index (χ1) is 9.74. The van der Waals surface area contributed by atoms with Gasteiger partial charge in [-0.1, -0.05) is 12.5 Å². The van der Waals surface area contributed by atoms with Gasteiger partial charge in [0.25, 0.3) is 0 Å². The van der Waals surface area contributed by atoms with Crippen LogP contribution in [0.1, 0.15) is 25.0 Å². The molecule has 0 spiro atoms. The van der Waals surface area contributed by atoms with Crippen molar-refractivity contribution in [2.24, 2.45) is 5.92 Å². The lowest BCUT2D eigenvalue weighted by Crippen LogP contribution is -2.36. The Labute approximate surface area is 122 Å². The van der Waals surface area contributed by atoms with Crippen LogP contribution in [-0.4, -0.2) is 22.2 Å². The number of aromatic nitrogens is 2. The normalized spacial score (nSPS) is 15.1. The molecule has 1 saturated carbocycles. The number of carbonyl (C=O) groups excluding carboxylic acids is 1. The fourth-order valence-corrected chi connectivity index (χ4v) is 3.06. The van der Waals surface area contributed by atoms with Crippen LogP contribution >= 0.6 is 11.3 Å². The quantitative estimate of drug-likeness (QED) is 0.920. The predicted octanol–water partition coefficient (Wildman–Crippen LogP) is 2.84. The van der Waals surface area contributed by atoms with E-state index in [2.05, 4.69) is 34.9 Å². The monoisotopic (exact) mass is 289 g/mol. The zero-order valence-corrected chi connectivity index (χ0v) is 12.4. The highest BCUT2D eigenvalue weighted by atomic mass is 32.1. The van der Waals surface area contributed by atoms with E-state index >= 15 is 0 Å². The molecule has 20 heavy (non-hydrogen) atoms. The minimum atomic E-state index is 0.208. The Balaban J connectivity index is 1.56. The van der Waals surface area contributed by atoms with Crippen molar-refractivity contribution in [3.63, 3.8) is 0 Å². The average Bonchev–Trinajstić information content (AvgIpc) is 2.97. The average molecular weight is 289 g/mol. The number of hydrogen-bond donors (Lipinski definition) is 1.